The van der Waals surface area contributed by atoms with Crippen LogP contribution in [0, 0.1) is 13.0 Å². The summed E-state index contributed by atoms with van der Waals surface area (Å²) >= 11 is 7.69. The molecule has 1 fully saturated rings. The molecule has 0 aliphatic carbocycles. The van der Waals surface area contributed by atoms with Gasteiger partial charge in [-0.2, -0.15) is 0 Å². The molecule has 0 atom stereocenters. The van der Waals surface area contributed by atoms with Crippen LogP contribution in [0.3, 0.4) is 0 Å². The van der Waals surface area contributed by atoms with E-state index >= 15 is 0 Å². The van der Waals surface area contributed by atoms with Gasteiger partial charge < -0.3 is 10.1 Å². The van der Waals surface area contributed by atoms with E-state index in [0.29, 0.717) is 5.75 Å². The van der Waals surface area contributed by atoms with Gasteiger partial charge in [0.1, 0.15) is 23.9 Å². The smallest absolute Gasteiger partial charge is 0.329 e. The quantitative estimate of drug-likeness (QED) is 0.180. The summed E-state index contributed by atoms with van der Waals surface area (Å²) in [4.78, 5) is 26.4. The fraction of sp³-hybridized carbons (Fsp3) is 0.0833. The van der Waals surface area contributed by atoms with Crippen molar-refractivity contribution in [1.29, 1.82) is 0 Å². The highest BCUT2D eigenvalue weighted by Crippen LogP contribution is 2.31. The molecule has 3 aromatic carbocycles. The maximum absolute atomic E-state index is 13.4. The van der Waals surface area contributed by atoms with E-state index in [1.165, 1.54) is 17.0 Å². The zero-order chi connectivity index (χ0) is 23.5. The van der Waals surface area contributed by atoms with Crippen LogP contribution in [0.5, 0.6) is 5.75 Å². The molecule has 9 heteroatoms. The van der Waals surface area contributed by atoms with Gasteiger partial charge in [-0.05, 0) is 104 Å². The lowest BCUT2D eigenvalue weighted by Crippen LogP contribution is -2.30. The van der Waals surface area contributed by atoms with Crippen molar-refractivity contribution in [3.05, 3.63) is 100 Å². The standard InChI is InChI=1S/C24H16BrFI2N2O3/c25-17-6-4-14(5-7-17)12-30-23(31)21(29-24(30)32)11-16-9-19(27)22(20(28)10-16)33-13-15-2-1-3-18(26)8-15/h1-11H,12-13H2,(H,29,32)/b21-11+. The van der Waals surface area contributed by atoms with Crippen LogP contribution in [0.15, 0.2) is 70.8 Å². The molecule has 4 rings (SSSR count). The predicted octanol–water partition coefficient (Wildman–Crippen LogP) is 6.47. The Morgan fingerprint density at radius 3 is 2.36 bits per heavy atom. The largest absolute Gasteiger partial charge is 0.487 e. The lowest BCUT2D eigenvalue weighted by atomic mass is 10.1. The Morgan fingerprint density at radius 1 is 1.00 bits per heavy atom. The number of hydrogen-bond acceptors (Lipinski definition) is 3. The third kappa shape index (κ3) is 5.93. The van der Waals surface area contributed by atoms with Crippen molar-refractivity contribution in [1.82, 2.24) is 10.2 Å². The Kier molecular flexibility index (Phi) is 7.69. The van der Waals surface area contributed by atoms with Gasteiger partial charge in [0.2, 0.25) is 0 Å². The summed E-state index contributed by atoms with van der Waals surface area (Å²) in [6.07, 6.45) is 1.66. The third-order valence-electron chi connectivity index (χ3n) is 4.82. The van der Waals surface area contributed by atoms with Crippen molar-refractivity contribution < 1.29 is 18.7 Å². The van der Waals surface area contributed by atoms with Crippen LogP contribution >= 0.6 is 61.1 Å². The molecule has 0 unspecified atom stereocenters. The van der Waals surface area contributed by atoms with Gasteiger partial charge in [0, 0.05) is 4.47 Å². The first-order valence-corrected chi connectivity index (χ1v) is 12.7. The molecule has 168 valence electrons. The van der Waals surface area contributed by atoms with Gasteiger partial charge in [-0.3, -0.25) is 9.69 Å². The number of ether oxygens (including phenoxy) is 1. The summed E-state index contributed by atoms with van der Waals surface area (Å²) < 4.78 is 21.9. The molecule has 1 N–H and O–H groups in total. The number of urea groups is 1. The molecule has 0 radical (unpaired) electrons. The molecule has 1 heterocycles. The molecule has 5 nitrogen and oxygen atoms in total. The van der Waals surface area contributed by atoms with Gasteiger partial charge in [-0.1, -0.05) is 40.2 Å². The van der Waals surface area contributed by atoms with Crippen molar-refractivity contribution in [3.63, 3.8) is 0 Å². The van der Waals surface area contributed by atoms with E-state index in [1.807, 2.05) is 36.4 Å². The van der Waals surface area contributed by atoms with Gasteiger partial charge >= 0.3 is 6.03 Å². The van der Waals surface area contributed by atoms with Crippen molar-refractivity contribution in [2.24, 2.45) is 0 Å². The Hall–Kier alpha value is -1.99. The molecule has 3 aromatic rings. The van der Waals surface area contributed by atoms with Crippen LogP contribution < -0.4 is 10.1 Å². The summed E-state index contributed by atoms with van der Waals surface area (Å²) in [6.45, 7) is 0.432. The predicted molar refractivity (Wildman–Crippen MR) is 144 cm³/mol. The summed E-state index contributed by atoms with van der Waals surface area (Å²) in [5.74, 6) is 0.000508. The number of halogens is 4. The summed E-state index contributed by atoms with van der Waals surface area (Å²) in [5.41, 5.74) is 2.57. The Morgan fingerprint density at radius 2 is 1.70 bits per heavy atom. The number of nitrogens with one attached hydrogen (secondary N) is 1. The third-order valence-corrected chi connectivity index (χ3v) is 6.95. The maximum Gasteiger partial charge on any atom is 0.329 e. The first-order chi connectivity index (χ1) is 15.8. The van der Waals surface area contributed by atoms with Gasteiger partial charge in [0.15, 0.2) is 0 Å². The monoisotopic (exact) mass is 732 g/mol. The Bertz CT molecular complexity index is 1240. The fourth-order valence-corrected chi connectivity index (χ4v) is 5.63. The first-order valence-electron chi connectivity index (χ1n) is 9.75. The molecule has 0 aromatic heterocycles. The number of carbonyl (C=O) groups is 2. The average Bonchev–Trinajstić information content (AvgIpc) is 3.02. The molecular formula is C24H16BrFI2N2O3. The van der Waals surface area contributed by atoms with E-state index in [4.69, 9.17) is 4.74 Å². The topological polar surface area (TPSA) is 58.6 Å². The van der Waals surface area contributed by atoms with Crippen molar-refractivity contribution in [2.45, 2.75) is 13.2 Å². The number of amides is 3. The minimum Gasteiger partial charge on any atom is -0.487 e. The van der Waals surface area contributed by atoms with E-state index in [9.17, 15) is 14.0 Å². The van der Waals surface area contributed by atoms with Crippen LogP contribution in [0.2, 0.25) is 0 Å². The first kappa shape index (κ1) is 24.1. The van der Waals surface area contributed by atoms with Gasteiger partial charge in [0.05, 0.1) is 13.7 Å². The minimum absolute atomic E-state index is 0.192. The summed E-state index contributed by atoms with van der Waals surface area (Å²) in [7, 11) is 0. The van der Waals surface area contributed by atoms with E-state index in [0.717, 1.165) is 28.3 Å². The van der Waals surface area contributed by atoms with E-state index in [2.05, 4.69) is 66.4 Å². The maximum atomic E-state index is 13.4. The SMILES string of the molecule is O=C1N/C(=C/c2cc(I)c(OCc3cccc(F)c3)c(I)c2)C(=O)N1Cc1ccc(Br)cc1. The van der Waals surface area contributed by atoms with Gasteiger partial charge in [-0.15, -0.1) is 0 Å². The second-order valence-electron chi connectivity index (χ2n) is 7.24. The molecule has 1 aliphatic heterocycles. The lowest BCUT2D eigenvalue weighted by molar-refractivity contribution is -0.123. The number of rotatable bonds is 6. The van der Waals surface area contributed by atoms with Gasteiger partial charge in [-0.25, -0.2) is 9.18 Å². The highest BCUT2D eigenvalue weighted by Gasteiger charge is 2.33. The fourth-order valence-electron chi connectivity index (χ4n) is 3.24. The number of imide groups is 1. The Balaban J connectivity index is 1.49. The van der Waals surface area contributed by atoms with Crippen LogP contribution in [0.25, 0.3) is 6.08 Å². The molecule has 33 heavy (non-hydrogen) atoms. The average molecular weight is 733 g/mol. The van der Waals surface area contributed by atoms with Crippen LogP contribution in [-0.4, -0.2) is 16.8 Å². The number of carbonyl (C=O) groups excluding carboxylic acids is 2. The summed E-state index contributed by atoms with van der Waals surface area (Å²) in [6, 6.07) is 17.0. The second kappa shape index (κ2) is 10.5. The van der Waals surface area contributed by atoms with Crippen LogP contribution in [0.4, 0.5) is 9.18 Å². The zero-order valence-electron chi connectivity index (χ0n) is 16.9. The molecule has 1 aliphatic rings. The van der Waals surface area contributed by atoms with Gasteiger partial charge in [0.25, 0.3) is 5.91 Å². The van der Waals surface area contributed by atoms with Crippen molar-refractivity contribution >= 4 is 79.1 Å². The molecule has 0 bridgehead atoms. The lowest BCUT2D eigenvalue weighted by Gasteiger charge is -2.12. The van der Waals surface area contributed by atoms with Crippen molar-refractivity contribution in [3.8, 4) is 5.75 Å². The van der Waals surface area contributed by atoms with E-state index < -0.39 is 6.03 Å². The molecule has 1 saturated heterocycles. The van der Waals surface area contributed by atoms with E-state index in [-0.39, 0.29) is 30.6 Å². The highest BCUT2D eigenvalue weighted by atomic mass is 127. The molecule has 0 spiro atoms. The highest BCUT2D eigenvalue weighted by molar-refractivity contribution is 14.1. The molecule has 0 saturated carbocycles. The zero-order valence-corrected chi connectivity index (χ0v) is 22.8. The number of hydrogen-bond donors (Lipinski definition) is 1. The van der Waals surface area contributed by atoms with Crippen molar-refractivity contribution in [2.75, 3.05) is 0 Å². The molecular weight excluding hydrogens is 717 g/mol. The van der Waals surface area contributed by atoms with Crippen LogP contribution in [0.1, 0.15) is 16.7 Å². The second-order valence-corrected chi connectivity index (χ2v) is 10.5. The van der Waals surface area contributed by atoms with E-state index in [1.54, 1.807) is 18.2 Å². The Labute approximate surface area is 225 Å². The number of nitrogens with zero attached hydrogens (tertiary/aromatic N) is 1. The number of benzene rings is 3. The molecule has 3 amide bonds. The van der Waals surface area contributed by atoms with Crippen LogP contribution in [-0.2, 0) is 17.9 Å². The summed E-state index contributed by atoms with van der Waals surface area (Å²) in [5, 5.41) is 2.66. The normalized spacial score (nSPS) is 14.7. The minimum atomic E-state index is -0.450.